The average Bonchev–Trinajstić information content (AvgIpc) is 2.09. The first-order valence-corrected chi connectivity index (χ1v) is 5.41. The molecule has 0 aromatic heterocycles. The van der Waals surface area contributed by atoms with Crippen LogP contribution in [0.1, 0.15) is 6.92 Å². The van der Waals surface area contributed by atoms with E-state index in [-0.39, 0.29) is 0 Å². The summed E-state index contributed by atoms with van der Waals surface area (Å²) < 4.78 is 1.01. The normalized spacial score (nSPS) is 12.2. The van der Waals surface area contributed by atoms with Gasteiger partial charge in [0.1, 0.15) is 6.04 Å². The van der Waals surface area contributed by atoms with Gasteiger partial charge in [-0.3, -0.25) is 4.79 Å². The quantitative estimate of drug-likeness (QED) is 0.840. The summed E-state index contributed by atoms with van der Waals surface area (Å²) in [6, 6.07) is 4.76. The Bertz CT molecular complexity index is 357. The van der Waals surface area contributed by atoms with Crippen molar-refractivity contribution in [3.05, 3.63) is 26.8 Å². The van der Waals surface area contributed by atoms with Crippen LogP contribution >= 0.6 is 34.2 Å². The second-order valence-corrected chi connectivity index (χ2v) is 4.48. The highest BCUT2D eigenvalue weighted by atomic mass is 127. The van der Waals surface area contributed by atoms with E-state index in [9.17, 15) is 4.79 Å². The second-order valence-electron chi connectivity index (χ2n) is 2.83. The summed E-state index contributed by atoms with van der Waals surface area (Å²) in [7, 11) is 0. The van der Waals surface area contributed by atoms with Crippen molar-refractivity contribution in [3.63, 3.8) is 0 Å². The highest BCUT2D eigenvalue weighted by Crippen LogP contribution is 2.24. The Hall–Kier alpha value is -0.490. The molecule has 0 heterocycles. The third kappa shape index (κ3) is 3.02. The first-order chi connectivity index (χ1) is 6.50. The molecular formula is C9H9ClINO2. The van der Waals surface area contributed by atoms with Gasteiger partial charge in [0.05, 0.1) is 10.7 Å². The molecule has 1 aromatic rings. The van der Waals surface area contributed by atoms with E-state index in [1.807, 2.05) is 6.07 Å². The summed E-state index contributed by atoms with van der Waals surface area (Å²) in [5.41, 5.74) is 0.641. The monoisotopic (exact) mass is 325 g/mol. The van der Waals surface area contributed by atoms with E-state index in [0.29, 0.717) is 10.7 Å². The largest absolute Gasteiger partial charge is 0.480 e. The molecule has 0 aliphatic carbocycles. The van der Waals surface area contributed by atoms with E-state index in [1.54, 1.807) is 19.1 Å². The molecule has 14 heavy (non-hydrogen) atoms. The maximum Gasteiger partial charge on any atom is 0.325 e. The Kier molecular flexibility index (Phi) is 4.00. The van der Waals surface area contributed by atoms with Crippen LogP contribution in [0.25, 0.3) is 0 Å². The number of hydrogen-bond donors (Lipinski definition) is 2. The Morgan fingerprint density at radius 3 is 2.79 bits per heavy atom. The minimum absolute atomic E-state index is 0.532. The molecule has 2 N–H and O–H groups in total. The van der Waals surface area contributed by atoms with E-state index >= 15 is 0 Å². The van der Waals surface area contributed by atoms with Gasteiger partial charge in [-0.15, -0.1) is 0 Å². The predicted molar refractivity (Wildman–Crippen MR) is 64.9 cm³/mol. The van der Waals surface area contributed by atoms with E-state index in [2.05, 4.69) is 27.9 Å². The lowest BCUT2D eigenvalue weighted by Crippen LogP contribution is -2.25. The van der Waals surface area contributed by atoms with E-state index in [0.717, 1.165) is 3.57 Å². The zero-order valence-corrected chi connectivity index (χ0v) is 10.3. The summed E-state index contributed by atoms with van der Waals surface area (Å²) >= 11 is 8.06. The number of anilines is 1. The molecule has 1 unspecified atom stereocenters. The molecule has 3 nitrogen and oxygen atoms in total. The van der Waals surface area contributed by atoms with Crippen molar-refractivity contribution in [3.8, 4) is 0 Å². The zero-order valence-electron chi connectivity index (χ0n) is 7.42. The van der Waals surface area contributed by atoms with Crippen LogP contribution in [0, 0.1) is 3.57 Å². The molecule has 0 fully saturated rings. The third-order valence-corrected chi connectivity index (χ3v) is 2.66. The minimum Gasteiger partial charge on any atom is -0.480 e. The number of rotatable bonds is 3. The lowest BCUT2D eigenvalue weighted by molar-refractivity contribution is -0.137. The number of benzene rings is 1. The van der Waals surface area contributed by atoms with Crippen molar-refractivity contribution in [2.45, 2.75) is 13.0 Å². The van der Waals surface area contributed by atoms with Crippen LogP contribution in [0.4, 0.5) is 5.69 Å². The van der Waals surface area contributed by atoms with Crippen molar-refractivity contribution in [2.24, 2.45) is 0 Å². The fourth-order valence-corrected chi connectivity index (χ4v) is 1.81. The molecule has 0 aliphatic heterocycles. The molecule has 5 heteroatoms. The van der Waals surface area contributed by atoms with Crippen LogP contribution in [0.3, 0.4) is 0 Å². The van der Waals surface area contributed by atoms with Gasteiger partial charge in [-0.25, -0.2) is 0 Å². The van der Waals surface area contributed by atoms with E-state index < -0.39 is 12.0 Å². The highest BCUT2D eigenvalue weighted by molar-refractivity contribution is 14.1. The molecular weight excluding hydrogens is 316 g/mol. The van der Waals surface area contributed by atoms with Gasteiger partial charge in [-0.05, 0) is 47.7 Å². The molecule has 1 aromatic carbocycles. The Morgan fingerprint density at radius 2 is 2.29 bits per heavy atom. The van der Waals surface area contributed by atoms with Crippen molar-refractivity contribution < 1.29 is 9.90 Å². The maximum absolute atomic E-state index is 10.6. The number of nitrogens with one attached hydrogen (secondary N) is 1. The van der Waals surface area contributed by atoms with Crippen molar-refractivity contribution in [2.75, 3.05) is 5.32 Å². The first-order valence-electron chi connectivity index (χ1n) is 3.95. The number of hydrogen-bond acceptors (Lipinski definition) is 2. The number of carboxylic acids is 1. The SMILES string of the molecule is CC(Nc1ccc(I)cc1Cl)C(=O)O. The average molecular weight is 326 g/mol. The maximum atomic E-state index is 10.6. The van der Waals surface area contributed by atoms with Gasteiger partial charge in [0.2, 0.25) is 0 Å². The summed E-state index contributed by atoms with van der Waals surface area (Å²) in [6.45, 7) is 1.57. The van der Waals surface area contributed by atoms with E-state index in [1.165, 1.54) is 0 Å². The Morgan fingerprint density at radius 1 is 1.64 bits per heavy atom. The molecule has 0 amide bonds. The fraction of sp³-hybridized carbons (Fsp3) is 0.222. The van der Waals surface area contributed by atoms with Crippen LogP contribution in [-0.4, -0.2) is 17.1 Å². The molecule has 0 aliphatic rings. The van der Waals surface area contributed by atoms with Crippen molar-refractivity contribution in [1.82, 2.24) is 0 Å². The second kappa shape index (κ2) is 4.84. The van der Waals surface area contributed by atoms with Crippen LogP contribution in [0.15, 0.2) is 18.2 Å². The first kappa shape index (κ1) is 11.6. The Balaban J connectivity index is 2.82. The Labute approximate surface area is 101 Å². The van der Waals surface area contributed by atoms with Crippen molar-refractivity contribution in [1.29, 1.82) is 0 Å². The van der Waals surface area contributed by atoms with Gasteiger partial charge < -0.3 is 10.4 Å². The van der Waals surface area contributed by atoms with Crippen molar-refractivity contribution >= 4 is 45.8 Å². The predicted octanol–water partition coefficient (Wildman–Crippen LogP) is 2.83. The van der Waals surface area contributed by atoms with Crippen LogP contribution in [0.5, 0.6) is 0 Å². The van der Waals surface area contributed by atoms with Gasteiger partial charge in [-0.1, -0.05) is 11.6 Å². The topological polar surface area (TPSA) is 49.3 Å². The van der Waals surface area contributed by atoms with Gasteiger partial charge >= 0.3 is 5.97 Å². The van der Waals surface area contributed by atoms with Crippen LogP contribution in [-0.2, 0) is 4.79 Å². The molecule has 1 rings (SSSR count). The smallest absolute Gasteiger partial charge is 0.325 e. The van der Waals surface area contributed by atoms with Gasteiger partial charge in [0.25, 0.3) is 0 Å². The molecule has 0 bridgehead atoms. The number of halogens is 2. The zero-order chi connectivity index (χ0) is 10.7. The fourth-order valence-electron chi connectivity index (χ4n) is 0.902. The summed E-state index contributed by atoms with van der Waals surface area (Å²) in [5, 5.41) is 12.0. The third-order valence-electron chi connectivity index (χ3n) is 1.67. The molecule has 0 radical (unpaired) electrons. The standard InChI is InChI=1S/C9H9ClINO2/c1-5(9(13)14)12-8-3-2-6(11)4-7(8)10/h2-5,12H,1H3,(H,13,14). The van der Waals surface area contributed by atoms with Gasteiger partial charge in [-0.2, -0.15) is 0 Å². The summed E-state index contributed by atoms with van der Waals surface area (Å²) in [5.74, 6) is -0.903. The number of carboxylic acid groups (broad SMARTS) is 1. The van der Waals surface area contributed by atoms with Crippen LogP contribution in [0.2, 0.25) is 5.02 Å². The lowest BCUT2D eigenvalue weighted by Gasteiger charge is -2.12. The molecule has 0 saturated heterocycles. The summed E-state index contributed by atoms with van der Waals surface area (Å²) in [4.78, 5) is 10.6. The molecule has 76 valence electrons. The molecule has 0 saturated carbocycles. The van der Waals surface area contributed by atoms with Gasteiger partial charge in [0, 0.05) is 3.57 Å². The highest BCUT2D eigenvalue weighted by Gasteiger charge is 2.11. The lowest BCUT2D eigenvalue weighted by atomic mass is 10.2. The van der Waals surface area contributed by atoms with Crippen LogP contribution < -0.4 is 5.32 Å². The van der Waals surface area contributed by atoms with Gasteiger partial charge in [0.15, 0.2) is 0 Å². The van der Waals surface area contributed by atoms with E-state index in [4.69, 9.17) is 16.7 Å². The summed E-state index contributed by atoms with van der Waals surface area (Å²) in [6.07, 6.45) is 0. The number of aliphatic carboxylic acids is 1. The molecule has 0 spiro atoms. The number of carbonyl (C=O) groups is 1. The minimum atomic E-state index is -0.903. The molecule has 1 atom stereocenters.